The lowest BCUT2D eigenvalue weighted by atomic mass is 10.2. The summed E-state index contributed by atoms with van der Waals surface area (Å²) in [4.78, 5) is 14.8. The molecule has 0 radical (unpaired) electrons. The summed E-state index contributed by atoms with van der Waals surface area (Å²) in [6, 6.07) is 8.14. The van der Waals surface area contributed by atoms with Crippen molar-refractivity contribution in [3.63, 3.8) is 0 Å². The number of ether oxygens (including phenoxy) is 2. The van der Waals surface area contributed by atoms with E-state index in [4.69, 9.17) is 14.0 Å². The van der Waals surface area contributed by atoms with Crippen LogP contribution in [0.3, 0.4) is 0 Å². The minimum Gasteiger partial charge on any atom is -0.490 e. The largest absolute Gasteiger partial charge is 0.490 e. The zero-order valence-corrected chi connectivity index (χ0v) is 13.7. The van der Waals surface area contributed by atoms with Gasteiger partial charge in [-0.05, 0) is 37.3 Å². The number of aromatic nitrogens is 2. The lowest BCUT2D eigenvalue weighted by Gasteiger charge is -2.10. The quantitative estimate of drug-likeness (QED) is 0.597. The first-order chi connectivity index (χ1) is 12.6. The summed E-state index contributed by atoms with van der Waals surface area (Å²) >= 11 is 0. The molecule has 0 bridgehead atoms. The third-order valence-corrected chi connectivity index (χ3v) is 3.41. The molecule has 3 rings (SSSR count). The Bertz CT molecular complexity index is 907. The van der Waals surface area contributed by atoms with Crippen LogP contribution in [0.25, 0.3) is 11.4 Å². The molecule has 0 aliphatic rings. The van der Waals surface area contributed by atoms with Crippen LogP contribution in [0.15, 0.2) is 40.9 Å². The van der Waals surface area contributed by atoms with Gasteiger partial charge in [-0.25, -0.2) is 8.78 Å². The Morgan fingerprint density at radius 3 is 2.58 bits per heavy atom. The Hall–Kier alpha value is -3.29. The van der Waals surface area contributed by atoms with Gasteiger partial charge in [0.2, 0.25) is 5.82 Å². The molecule has 2 aromatic carbocycles. The molecule has 8 heteroatoms. The standard InChI is InChI=1S/C18H14F2N2O4/c1-2-24-15-8-11(9-23)6-7-14(15)25-10-16-21-18(22-26-16)17-12(19)4-3-5-13(17)20/h3-9H,2,10H2,1H3. The van der Waals surface area contributed by atoms with E-state index in [0.717, 1.165) is 12.1 Å². The van der Waals surface area contributed by atoms with Gasteiger partial charge >= 0.3 is 0 Å². The summed E-state index contributed by atoms with van der Waals surface area (Å²) in [5.74, 6) is -1.00. The molecule has 0 saturated carbocycles. The minimum atomic E-state index is -0.790. The average molecular weight is 360 g/mol. The molecule has 0 spiro atoms. The molecule has 0 aliphatic heterocycles. The van der Waals surface area contributed by atoms with Crippen LogP contribution in [0.1, 0.15) is 23.2 Å². The molecule has 0 amide bonds. The number of aldehydes is 1. The summed E-state index contributed by atoms with van der Waals surface area (Å²) < 4.78 is 43.5. The normalized spacial score (nSPS) is 10.6. The van der Waals surface area contributed by atoms with E-state index in [1.807, 2.05) is 0 Å². The predicted octanol–water partition coefficient (Wildman–Crippen LogP) is 3.81. The van der Waals surface area contributed by atoms with Crippen molar-refractivity contribution < 1.29 is 27.6 Å². The van der Waals surface area contributed by atoms with Gasteiger partial charge in [-0.15, -0.1) is 0 Å². The van der Waals surface area contributed by atoms with Gasteiger partial charge in [0.05, 0.1) is 12.2 Å². The number of rotatable bonds is 7. The first-order valence-corrected chi connectivity index (χ1v) is 7.74. The number of nitrogens with zero attached hydrogens (tertiary/aromatic N) is 2. The van der Waals surface area contributed by atoms with Crippen molar-refractivity contribution >= 4 is 6.29 Å². The topological polar surface area (TPSA) is 74.5 Å². The minimum absolute atomic E-state index is 0.0320. The SMILES string of the molecule is CCOc1cc(C=O)ccc1OCc1nc(-c2c(F)cccc2F)no1. The molecule has 1 aromatic heterocycles. The summed E-state index contributed by atoms with van der Waals surface area (Å²) in [5, 5.41) is 3.58. The molecule has 0 aliphatic carbocycles. The van der Waals surface area contributed by atoms with E-state index in [1.165, 1.54) is 6.07 Å². The van der Waals surface area contributed by atoms with Crippen LogP contribution in [0.5, 0.6) is 11.5 Å². The molecule has 0 atom stereocenters. The van der Waals surface area contributed by atoms with Crippen molar-refractivity contribution in [2.45, 2.75) is 13.5 Å². The lowest BCUT2D eigenvalue weighted by Crippen LogP contribution is -2.01. The van der Waals surface area contributed by atoms with E-state index in [-0.39, 0.29) is 23.9 Å². The lowest BCUT2D eigenvalue weighted by molar-refractivity contribution is 0.112. The van der Waals surface area contributed by atoms with Crippen LogP contribution in [0, 0.1) is 11.6 Å². The average Bonchev–Trinajstić information content (AvgIpc) is 3.09. The van der Waals surface area contributed by atoms with E-state index in [1.54, 1.807) is 25.1 Å². The molecule has 0 fully saturated rings. The highest BCUT2D eigenvalue weighted by Gasteiger charge is 2.18. The van der Waals surface area contributed by atoms with Crippen molar-refractivity contribution in [1.82, 2.24) is 10.1 Å². The monoisotopic (exact) mass is 360 g/mol. The van der Waals surface area contributed by atoms with Crippen LogP contribution >= 0.6 is 0 Å². The molecule has 134 valence electrons. The number of carbonyl (C=O) groups is 1. The smallest absolute Gasteiger partial charge is 0.264 e. The first kappa shape index (κ1) is 17.5. The predicted molar refractivity (Wildman–Crippen MR) is 87.0 cm³/mol. The number of hydrogen-bond acceptors (Lipinski definition) is 6. The van der Waals surface area contributed by atoms with Crippen LogP contribution in [0.4, 0.5) is 8.78 Å². The van der Waals surface area contributed by atoms with Gasteiger partial charge in [-0.3, -0.25) is 4.79 Å². The van der Waals surface area contributed by atoms with Gasteiger partial charge in [0.1, 0.15) is 17.9 Å². The Morgan fingerprint density at radius 2 is 1.88 bits per heavy atom. The van der Waals surface area contributed by atoms with E-state index < -0.39 is 11.6 Å². The Morgan fingerprint density at radius 1 is 1.12 bits per heavy atom. The highest BCUT2D eigenvalue weighted by molar-refractivity contribution is 5.76. The Labute approximate surface area is 147 Å². The summed E-state index contributed by atoms with van der Waals surface area (Å²) in [7, 11) is 0. The third-order valence-electron chi connectivity index (χ3n) is 3.41. The fourth-order valence-corrected chi connectivity index (χ4v) is 2.25. The van der Waals surface area contributed by atoms with Crippen LogP contribution < -0.4 is 9.47 Å². The van der Waals surface area contributed by atoms with E-state index in [9.17, 15) is 13.6 Å². The fraction of sp³-hybridized carbons (Fsp3) is 0.167. The van der Waals surface area contributed by atoms with Crippen molar-refractivity contribution in [1.29, 1.82) is 0 Å². The molecule has 6 nitrogen and oxygen atoms in total. The van der Waals surface area contributed by atoms with Gasteiger partial charge in [0.15, 0.2) is 18.1 Å². The zero-order valence-electron chi connectivity index (χ0n) is 13.7. The van der Waals surface area contributed by atoms with E-state index >= 15 is 0 Å². The van der Waals surface area contributed by atoms with E-state index in [2.05, 4.69) is 10.1 Å². The van der Waals surface area contributed by atoms with Crippen molar-refractivity contribution in [3.8, 4) is 22.9 Å². The second kappa shape index (κ2) is 7.73. The Kier molecular flexibility index (Phi) is 5.21. The molecular formula is C18H14F2N2O4. The van der Waals surface area contributed by atoms with E-state index in [0.29, 0.717) is 30.0 Å². The van der Waals surface area contributed by atoms with Gasteiger partial charge in [0.25, 0.3) is 5.89 Å². The second-order valence-corrected chi connectivity index (χ2v) is 5.15. The highest BCUT2D eigenvalue weighted by atomic mass is 19.1. The third kappa shape index (κ3) is 3.69. The number of carbonyl (C=O) groups excluding carboxylic acids is 1. The maximum Gasteiger partial charge on any atom is 0.264 e. The van der Waals surface area contributed by atoms with Crippen molar-refractivity contribution in [2.75, 3.05) is 6.61 Å². The first-order valence-electron chi connectivity index (χ1n) is 7.74. The van der Waals surface area contributed by atoms with Crippen LogP contribution in [0.2, 0.25) is 0 Å². The molecule has 1 heterocycles. The maximum absolute atomic E-state index is 13.8. The van der Waals surface area contributed by atoms with Gasteiger partial charge in [-0.1, -0.05) is 11.2 Å². The summed E-state index contributed by atoms with van der Waals surface area (Å²) in [6.07, 6.45) is 0.694. The second-order valence-electron chi connectivity index (χ2n) is 5.15. The molecule has 0 unspecified atom stereocenters. The number of halogens is 2. The van der Waals surface area contributed by atoms with Crippen molar-refractivity contribution in [3.05, 3.63) is 59.5 Å². The molecular weight excluding hydrogens is 346 g/mol. The Balaban J connectivity index is 1.77. The number of hydrogen-bond donors (Lipinski definition) is 0. The van der Waals surface area contributed by atoms with Gasteiger partial charge in [0, 0.05) is 5.56 Å². The summed E-state index contributed by atoms with van der Waals surface area (Å²) in [5.41, 5.74) is 0.0729. The van der Waals surface area contributed by atoms with Crippen LogP contribution in [-0.4, -0.2) is 23.0 Å². The molecule has 3 aromatic rings. The molecule has 0 saturated heterocycles. The van der Waals surface area contributed by atoms with Crippen LogP contribution in [-0.2, 0) is 6.61 Å². The number of benzene rings is 2. The highest BCUT2D eigenvalue weighted by Crippen LogP contribution is 2.29. The fourth-order valence-electron chi connectivity index (χ4n) is 2.25. The molecule has 26 heavy (non-hydrogen) atoms. The van der Waals surface area contributed by atoms with Crippen molar-refractivity contribution in [2.24, 2.45) is 0 Å². The molecule has 0 N–H and O–H groups in total. The summed E-state index contributed by atoms with van der Waals surface area (Å²) in [6.45, 7) is 2.05. The zero-order chi connectivity index (χ0) is 18.5. The van der Waals surface area contributed by atoms with Gasteiger partial charge in [-0.2, -0.15) is 4.98 Å². The maximum atomic E-state index is 13.8. The van der Waals surface area contributed by atoms with Gasteiger partial charge < -0.3 is 14.0 Å².